The molecule has 8 aromatic rings. The molecule has 5 heteroatoms. The first-order valence-electron chi connectivity index (χ1n) is 19.3. The van der Waals surface area contributed by atoms with E-state index in [0.29, 0.717) is 0 Å². The molecule has 0 aliphatic heterocycles. The molecule has 57 heavy (non-hydrogen) atoms. The summed E-state index contributed by atoms with van der Waals surface area (Å²) in [5.74, 6) is 0. The molecule has 8 aromatic carbocycles. The predicted octanol–water partition coefficient (Wildman–Crippen LogP) is 10.5. The summed E-state index contributed by atoms with van der Waals surface area (Å²) in [5.41, 5.74) is 0. The van der Waals surface area contributed by atoms with Gasteiger partial charge in [-0.05, 0) is 98.8 Å². The molecule has 284 valence electrons. The molecule has 0 aliphatic rings. The van der Waals surface area contributed by atoms with Gasteiger partial charge in [-0.15, -0.1) is 0 Å². The largest absolute Gasteiger partial charge is 2.00 e. The zero-order chi connectivity index (χ0) is 38.0. The molecule has 0 saturated carbocycles. The van der Waals surface area contributed by atoms with Crippen LogP contribution in [0.1, 0.15) is 0 Å². The number of benzene rings is 8. The van der Waals surface area contributed by atoms with Crippen molar-refractivity contribution in [1.29, 1.82) is 0 Å². The van der Waals surface area contributed by atoms with Crippen LogP contribution in [0.3, 0.4) is 0 Å². The molecule has 0 unspecified atom stereocenters. The fourth-order valence-corrected chi connectivity index (χ4v) is 17.6. The first-order chi connectivity index (χ1) is 27.8. The molecule has 0 amide bonds. The molecule has 0 heterocycles. The van der Waals surface area contributed by atoms with Crippen molar-refractivity contribution in [2.45, 2.75) is 0 Å². The van der Waals surface area contributed by atoms with Crippen molar-refractivity contribution in [3.8, 4) is 0 Å². The van der Waals surface area contributed by atoms with E-state index in [1.807, 2.05) is 0 Å². The fourth-order valence-electron chi connectivity index (χ4n) is 6.89. The van der Waals surface area contributed by atoms with E-state index in [0.717, 1.165) is 0 Å². The number of hydrogen-bond acceptors (Lipinski definition) is 0. The minimum absolute atomic E-state index is 0. The minimum Gasteiger partial charge on any atom is -0.0622 e. The van der Waals surface area contributed by atoms with Crippen molar-refractivity contribution in [2.75, 3.05) is 24.6 Å². The maximum atomic E-state index is 2.30. The van der Waals surface area contributed by atoms with E-state index in [1.165, 1.54) is 67.1 Å². The average Bonchev–Trinajstić information content (AvgIpc) is 3.29. The molecule has 0 radical (unpaired) electrons. The summed E-state index contributed by atoms with van der Waals surface area (Å²) >= 11 is 0. The van der Waals surface area contributed by atoms with Crippen LogP contribution in [0.15, 0.2) is 243 Å². The maximum absolute atomic E-state index is 2.30. The summed E-state index contributed by atoms with van der Waals surface area (Å²) in [6.07, 6.45) is 4.83. The molecule has 0 spiro atoms. The van der Waals surface area contributed by atoms with Crippen LogP contribution in [0, 0.1) is 0 Å². The summed E-state index contributed by atoms with van der Waals surface area (Å²) in [4.78, 5) is 0. The van der Waals surface area contributed by atoms with E-state index in [2.05, 4.69) is 243 Å². The summed E-state index contributed by atoms with van der Waals surface area (Å²) in [5, 5.41) is 11.8. The molecule has 0 N–H and O–H groups in total. The van der Waals surface area contributed by atoms with Crippen molar-refractivity contribution in [2.24, 2.45) is 0 Å². The first kappa shape index (κ1) is 42.6. The first-order valence-corrected chi connectivity index (χ1v) is 25.4. The molecule has 0 saturated heterocycles. The molecule has 8 rings (SSSR count). The topological polar surface area (TPSA) is 0 Å². The second-order valence-corrected chi connectivity index (χ2v) is 22.6. The summed E-state index contributed by atoms with van der Waals surface area (Å²) in [7, 11) is -1.39. The van der Waals surface area contributed by atoms with E-state index in [1.54, 1.807) is 0 Å². The van der Waals surface area contributed by atoms with Gasteiger partial charge in [0.15, 0.2) is 0 Å². The van der Waals surface area contributed by atoms with Crippen molar-refractivity contribution < 1.29 is 16.5 Å². The monoisotopic (exact) mass is 854 g/mol. The van der Waals surface area contributed by atoms with Crippen LogP contribution in [0.5, 0.6) is 0 Å². The van der Waals surface area contributed by atoms with Crippen LogP contribution in [0.4, 0.5) is 0 Å². The van der Waals surface area contributed by atoms with Gasteiger partial charge in [0, 0.05) is 0 Å². The Kier molecular flexibility index (Phi) is 17.5. The maximum Gasteiger partial charge on any atom is 2.00 e. The molecule has 0 fully saturated rings. The van der Waals surface area contributed by atoms with Crippen LogP contribution in [-0.4, -0.2) is 24.6 Å². The van der Waals surface area contributed by atoms with Crippen molar-refractivity contribution >= 4 is 74.1 Å². The normalized spacial score (nSPS) is 10.9. The van der Waals surface area contributed by atoms with Gasteiger partial charge in [-0.3, -0.25) is 0 Å². The zero-order valence-electron chi connectivity index (χ0n) is 32.0. The van der Waals surface area contributed by atoms with Crippen molar-refractivity contribution in [3.05, 3.63) is 243 Å². The van der Waals surface area contributed by atoms with Gasteiger partial charge in [0.05, 0.1) is 0 Å². The smallest absolute Gasteiger partial charge is 0.0622 e. The molecular weight excluding hydrogens is 807 g/mol. The molecule has 0 aromatic heterocycles. The van der Waals surface area contributed by atoms with Gasteiger partial charge in [-0.25, -0.2) is 0 Å². The zero-order valence-corrected chi connectivity index (χ0v) is 36.6. The Hall–Kier alpha value is -4.03. The van der Waals surface area contributed by atoms with Gasteiger partial charge in [-0.1, -0.05) is 243 Å². The molecular formula is C52H48NiP4+2. The molecule has 0 atom stereocenters. The second-order valence-electron chi connectivity index (χ2n) is 13.3. The average molecular weight is 856 g/mol. The van der Waals surface area contributed by atoms with Crippen molar-refractivity contribution in [1.82, 2.24) is 0 Å². The Morgan fingerprint density at radius 3 is 0.386 bits per heavy atom. The van der Waals surface area contributed by atoms with E-state index >= 15 is 0 Å². The molecule has 0 bridgehead atoms. The SMILES string of the molecule is [Ni+2].c1ccc(P(CCP(c2ccccc2)c2ccccc2)c2ccccc2)cc1.c1ccc(P(CCP(c2ccccc2)c2ccccc2)c2ccccc2)cc1. The van der Waals surface area contributed by atoms with Gasteiger partial charge >= 0.3 is 16.5 Å². The van der Waals surface area contributed by atoms with Gasteiger partial charge < -0.3 is 0 Å². The summed E-state index contributed by atoms with van der Waals surface area (Å²) < 4.78 is 0. The van der Waals surface area contributed by atoms with Crippen molar-refractivity contribution in [3.63, 3.8) is 0 Å². The van der Waals surface area contributed by atoms with Gasteiger partial charge in [0.1, 0.15) is 0 Å². The van der Waals surface area contributed by atoms with Gasteiger partial charge in [0.2, 0.25) is 0 Å². The third-order valence-corrected chi connectivity index (χ3v) is 20.4. The predicted molar refractivity (Wildman–Crippen MR) is 256 cm³/mol. The van der Waals surface area contributed by atoms with Crippen LogP contribution < -0.4 is 42.4 Å². The Bertz CT molecular complexity index is 1760. The Labute approximate surface area is 355 Å². The third-order valence-electron chi connectivity index (χ3n) is 9.64. The van der Waals surface area contributed by atoms with E-state index < -0.39 is 0 Å². The summed E-state index contributed by atoms with van der Waals surface area (Å²) in [6.45, 7) is 0. The summed E-state index contributed by atoms with van der Waals surface area (Å²) in [6, 6.07) is 88.4. The Morgan fingerprint density at radius 2 is 0.281 bits per heavy atom. The van der Waals surface area contributed by atoms with E-state index in [9.17, 15) is 0 Å². The van der Waals surface area contributed by atoms with Crippen LogP contribution in [0.2, 0.25) is 0 Å². The second kappa shape index (κ2) is 23.4. The Balaban J connectivity index is 0.000000189. The van der Waals surface area contributed by atoms with Crippen LogP contribution in [0.25, 0.3) is 0 Å². The number of rotatable bonds is 14. The quantitative estimate of drug-likeness (QED) is 0.0755. The van der Waals surface area contributed by atoms with E-state index in [-0.39, 0.29) is 48.2 Å². The fraction of sp³-hybridized carbons (Fsp3) is 0.0769. The van der Waals surface area contributed by atoms with Gasteiger partial charge in [0.25, 0.3) is 0 Å². The molecule has 0 aliphatic carbocycles. The molecule has 0 nitrogen and oxygen atoms in total. The van der Waals surface area contributed by atoms with Crippen LogP contribution in [-0.2, 0) is 16.5 Å². The van der Waals surface area contributed by atoms with Crippen LogP contribution >= 0.6 is 31.7 Å². The number of hydrogen-bond donors (Lipinski definition) is 0. The minimum atomic E-state index is -0.348. The van der Waals surface area contributed by atoms with E-state index in [4.69, 9.17) is 0 Å². The Morgan fingerprint density at radius 1 is 0.175 bits per heavy atom. The third kappa shape index (κ3) is 12.5. The standard InChI is InChI=1S/2C26H24P2.Ni/c2*1-5-13-23(14-6-1)27(24-15-7-2-8-16-24)21-22-28(25-17-9-3-10-18-25)26-19-11-4-12-20-26;/h2*1-20H,21-22H2;/q;;+2. The van der Waals surface area contributed by atoms with Gasteiger partial charge in [-0.2, -0.15) is 0 Å².